The van der Waals surface area contributed by atoms with Crippen LogP contribution in [0.2, 0.25) is 0 Å². The molecule has 0 fully saturated rings. The van der Waals surface area contributed by atoms with Gasteiger partial charge in [0.05, 0.1) is 23.5 Å². The summed E-state index contributed by atoms with van der Waals surface area (Å²) >= 11 is 3.27. The number of nitrogens with zero attached hydrogens (tertiary/aromatic N) is 3. The van der Waals surface area contributed by atoms with Crippen molar-refractivity contribution in [1.82, 2.24) is 15.0 Å². The Balaban J connectivity index is 1.61. The van der Waals surface area contributed by atoms with Crippen LogP contribution in [0.3, 0.4) is 0 Å². The van der Waals surface area contributed by atoms with Crippen molar-refractivity contribution in [3.05, 3.63) is 65.0 Å². The SMILES string of the molecule is COc1ccc(-n2nc3ccc(NC(=O)c4occc4Br)cc3n2)cc1. The van der Waals surface area contributed by atoms with Crippen LogP contribution >= 0.6 is 15.9 Å². The van der Waals surface area contributed by atoms with Crippen LogP contribution in [-0.4, -0.2) is 28.0 Å². The van der Waals surface area contributed by atoms with Crippen LogP contribution < -0.4 is 10.1 Å². The van der Waals surface area contributed by atoms with E-state index in [1.165, 1.54) is 6.26 Å². The van der Waals surface area contributed by atoms with Crippen LogP contribution in [0.15, 0.2) is 63.7 Å². The molecule has 2 heterocycles. The number of hydrogen-bond acceptors (Lipinski definition) is 5. The van der Waals surface area contributed by atoms with E-state index in [-0.39, 0.29) is 11.7 Å². The van der Waals surface area contributed by atoms with Gasteiger partial charge in [0, 0.05) is 5.69 Å². The summed E-state index contributed by atoms with van der Waals surface area (Å²) in [4.78, 5) is 13.8. The van der Waals surface area contributed by atoms with Gasteiger partial charge in [-0.25, -0.2) is 0 Å². The summed E-state index contributed by atoms with van der Waals surface area (Å²) in [6, 6.07) is 14.4. The van der Waals surface area contributed by atoms with E-state index in [9.17, 15) is 4.79 Å². The summed E-state index contributed by atoms with van der Waals surface area (Å²) in [5, 5.41) is 11.7. The number of fused-ring (bicyclic) bond motifs is 1. The van der Waals surface area contributed by atoms with E-state index in [2.05, 4.69) is 31.4 Å². The maximum absolute atomic E-state index is 12.2. The minimum absolute atomic E-state index is 0.215. The molecule has 1 N–H and O–H groups in total. The van der Waals surface area contributed by atoms with Gasteiger partial charge >= 0.3 is 0 Å². The van der Waals surface area contributed by atoms with Crippen molar-refractivity contribution in [2.45, 2.75) is 0 Å². The average molecular weight is 413 g/mol. The summed E-state index contributed by atoms with van der Waals surface area (Å²) in [6.45, 7) is 0. The first kappa shape index (κ1) is 16.3. The van der Waals surface area contributed by atoms with E-state index in [1.54, 1.807) is 36.2 Å². The van der Waals surface area contributed by atoms with E-state index in [0.717, 1.165) is 17.0 Å². The molecule has 0 saturated carbocycles. The van der Waals surface area contributed by atoms with Crippen LogP contribution in [-0.2, 0) is 0 Å². The number of anilines is 1. The maximum atomic E-state index is 12.2. The number of ether oxygens (including phenoxy) is 1. The van der Waals surface area contributed by atoms with E-state index in [0.29, 0.717) is 15.7 Å². The molecule has 0 radical (unpaired) electrons. The smallest absolute Gasteiger partial charge is 0.292 e. The molecule has 0 aliphatic rings. The number of methoxy groups -OCH3 is 1. The van der Waals surface area contributed by atoms with Gasteiger partial charge in [0.25, 0.3) is 5.91 Å². The second-order valence-electron chi connectivity index (χ2n) is 5.44. The van der Waals surface area contributed by atoms with Crippen molar-refractivity contribution >= 4 is 38.6 Å². The lowest BCUT2D eigenvalue weighted by Crippen LogP contribution is -2.11. The zero-order chi connectivity index (χ0) is 18.1. The molecule has 130 valence electrons. The third-order valence-corrected chi connectivity index (χ3v) is 4.39. The lowest BCUT2D eigenvalue weighted by atomic mass is 10.2. The molecule has 4 aromatic rings. The highest BCUT2D eigenvalue weighted by Crippen LogP contribution is 2.22. The van der Waals surface area contributed by atoms with Crippen LogP contribution in [0.5, 0.6) is 5.75 Å². The Morgan fingerprint density at radius 3 is 2.58 bits per heavy atom. The Morgan fingerprint density at radius 2 is 1.88 bits per heavy atom. The van der Waals surface area contributed by atoms with Crippen molar-refractivity contribution in [2.75, 3.05) is 12.4 Å². The first-order chi connectivity index (χ1) is 12.6. The highest BCUT2D eigenvalue weighted by atomic mass is 79.9. The molecule has 4 rings (SSSR count). The number of carbonyl (C=O) groups is 1. The summed E-state index contributed by atoms with van der Waals surface area (Å²) in [5.41, 5.74) is 2.80. The Kier molecular flexibility index (Phi) is 4.18. The van der Waals surface area contributed by atoms with E-state index in [1.807, 2.05) is 24.3 Å². The molecule has 0 aliphatic heterocycles. The Hall–Kier alpha value is -3.13. The predicted molar refractivity (Wildman–Crippen MR) is 99.8 cm³/mol. The second kappa shape index (κ2) is 6.64. The number of benzene rings is 2. The largest absolute Gasteiger partial charge is 0.497 e. The molecule has 0 saturated heterocycles. The zero-order valence-corrected chi connectivity index (χ0v) is 15.2. The molecule has 2 aromatic heterocycles. The molecule has 0 atom stereocenters. The highest BCUT2D eigenvalue weighted by Gasteiger charge is 2.14. The van der Waals surface area contributed by atoms with Gasteiger partial charge in [0.1, 0.15) is 16.8 Å². The molecule has 0 aliphatic carbocycles. The molecule has 26 heavy (non-hydrogen) atoms. The van der Waals surface area contributed by atoms with Gasteiger partial charge in [-0.05, 0) is 64.5 Å². The van der Waals surface area contributed by atoms with Gasteiger partial charge < -0.3 is 14.5 Å². The quantitative estimate of drug-likeness (QED) is 0.546. The minimum Gasteiger partial charge on any atom is -0.497 e. The van der Waals surface area contributed by atoms with Gasteiger partial charge in [-0.2, -0.15) is 4.80 Å². The summed E-state index contributed by atoms with van der Waals surface area (Å²) in [5.74, 6) is 0.635. The Labute approximate surface area is 156 Å². The van der Waals surface area contributed by atoms with Gasteiger partial charge in [0.15, 0.2) is 0 Å². The van der Waals surface area contributed by atoms with Crippen LogP contribution in [0.25, 0.3) is 16.7 Å². The number of nitrogens with one attached hydrogen (secondary N) is 1. The molecule has 1 amide bonds. The van der Waals surface area contributed by atoms with Crippen LogP contribution in [0.1, 0.15) is 10.6 Å². The van der Waals surface area contributed by atoms with Gasteiger partial charge in [0.2, 0.25) is 5.76 Å². The Morgan fingerprint density at radius 1 is 1.12 bits per heavy atom. The molecule has 7 nitrogen and oxygen atoms in total. The molecular formula is C18H13BrN4O3. The zero-order valence-electron chi connectivity index (χ0n) is 13.6. The number of aromatic nitrogens is 3. The van der Waals surface area contributed by atoms with Crippen molar-refractivity contribution in [1.29, 1.82) is 0 Å². The topological polar surface area (TPSA) is 82.2 Å². The van der Waals surface area contributed by atoms with Gasteiger partial charge in [-0.3, -0.25) is 4.79 Å². The van der Waals surface area contributed by atoms with Crippen molar-refractivity contribution in [3.8, 4) is 11.4 Å². The van der Waals surface area contributed by atoms with E-state index < -0.39 is 0 Å². The number of halogens is 1. The number of furan rings is 1. The summed E-state index contributed by atoms with van der Waals surface area (Å²) in [7, 11) is 1.62. The molecule has 0 unspecified atom stereocenters. The van der Waals surface area contributed by atoms with E-state index in [4.69, 9.17) is 9.15 Å². The number of hydrogen-bond donors (Lipinski definition) is 1. The van der Waals surface area contributed by atoms with Gasteiger partial charge in [-0.15, -0.1) is 10.2 Å². The van der Waals surface area contributed by atoms with Crippen LogP contribution in [0.4, 0.5) is 5.69 Å². The van der Waals surface area contributed by atoms with Crippen molar-refractivity contribution < 1.29 is 13.9 Å². The number of carbonyl (C=O) groups excluding carboxylic acids is 1. The standard InChI is InChI=1S/C18H13BrN4O3/c1-25-13-5-3-12(4-6-13)23-21-15-7-2-11(10-16(15)22-23)20-18(24)17-14(19)8-9-26-17/h2-10H,1H3,(H,20,24). The molecule has 2 aromatic carbocycles. The molecule has 0 bridgehead atoms. The van der Waals surface area contributed by atoms with Crippen molar-refractivity contribution in [2.24, 2.45) is 0 Å². The molecule has 0 spiro atoms. The third kappa shape index (κ3) is 3.06. The van der Waals surface area contributed by atoms with Crippen LogP contribution in [0, 0.1) is 0 Å². The minimum atomic E-state index is -0.344. The monoisotopic (exact) mass is 412 g/mol. The van der Waals surface area contributed by atoms with E-state index >= 15 is 0 Å². The Bertz CT molecular complexity index is 1090. The predicted octanol–water partition coefficient (Wildman–Crippen LogP) is 4.04. The average Bonchev–Trinajstić information content (AvgIpc) is 3.27. The summed E-state index contributed by atoms with van der Waals surface area (Å²) < 4.78 is 10.9. The van der Waals surface area contributed by atoms with Crippen molar-refractivity contribution in [3.63, 3.8) is 0 Å². The first-order valence-corrected chi connectivity index (χ1v) is 8.49. The first-order valence-electron chi connectivity index (χ1n) is 7.70. The fourth-order valence-electron chi connectivity index (χ4n) is 2.47. The molecular weight excluding hydrogens is 400 g/mol. The lowest BCUT2D eigenvalue weighted by molar-refractivity contribution is 0.0995. The number of amides is 1. The molecule has 8 heteroatoms. The highest BCUT2D eigenvalue weighted by molar-refractivity contribution is 9.10. The lowest BCUT2D eigenvalue weighted by Gasteiger charge is -2.02. The van der Waals surface area contributed by atoms with Gasteiger partial charge in [-0.1, -0.05) is 0 Å². The number of rotatable bonds is 4. The normalized spacial score (nSPS) is 10.8. The second-order valence-corrected chi connectivity index (χ2v) is 6.30. The maximum Gasteiger partial charge on any atom is 0.292 e. The fourth-order valence-corrected chi connectivity index (χ4v) is 2.85. The summed E-state index contributed by atoms with van der Waals surface area (Å²) in [6.07, 6.45) is 1.45. The third-order valence-electron chi connectivity index (χ3n) is 3.76. The fraction of sp³-hybridized carbons (Fsp3) is 0.0556.